The van der Waals surface area contributed by atoms with Gasteiger partial charge in [-0.05, 0) is 54.3 Å². The van der Waals surface area contributed by atoms with Crippen LogP contribution in [0.25, 0.3) is 0 Å². The van der Waals surface area contributed by atoms with Crippen molar-refractivity contribution in [1.29, 1.82) is 0 Å². The van der Waals surface area contributed by atoms with Gasteiger partial charge in [-0.2, -0.15) is 0 Å². The number of anilines is 2. The van der Waals surface area contributed by atoms with E-state index in [0.29, 0.717) is 30.9 Å². The summed E-state index contributed by atoms with van der Waals surface area (Å²) in [7, 11) is 1.63. The van der Waals surface area contributed by atoms with Crippen molar-refractivity contribution in [3.63, 3.8) is 0 Å². The summed E-state index contributed by atoms with van der Waals surface area (Å²) in [4.78, 5) is 23.9. The number of amides is 2. The van der Waals surface area contributed by atoms with Crippen LogP contribution in [-0.4, -0.2) is 18.9 Å². The molecule has 2 amide bonds. The van der Waals surface area contributed by atoms with Crippen molar-refractivity contribution >= 4 is 23.2 Å². The van der Waals surface area contributed by atoms with Gasteiger partial charge in [0, 0.05) is 24.2 Å². The number of carbonyl (C=O) groups is 2. The highest BCUT2D eigenvalue weighted by atomic mass is 16.5. The van der Waals surface area contributed by atoms with Crippen LogP contribution in [0.3, 0.4) is 0 Å². The number of benzene rings is 2. The topological polar surface area (TPSA) is 67.4 Å². The molecular weight excluding hydrogens is 328 g/mol. The van der Waals surface area contributed by atoms with Crippen molar-refractivity contribution in [2.45, 2.75) is 33.1 Å². The Morgan fingerprint density at radius 3 is 2.15 bits per heavy atom. The van der Waals surface area contributed by atoms with E-state index in [4.69, 9.17) is 4.74 Å². The Labute approximate surface area is 154 Å². The van der Waals surface area contributed by atoms with Crippen molar-refractivity contribution in [2.24, 2.45) is 5.92 Å². The fraction of sp³-hybridized carbons (Fsp3) is 0.333. The van der Waals surface area contributed by atoms with Crippen LogP contribution >= 0.6 is 0 Å². The molecule has 5 heteroatoms. The summed E-state index contributed by atoms with van der Waals surface area (Å²) in [5, 5.41) is 5.72. The lowest BCUT2D eigenvalue weighted by atomic mass is 10.1. The largest absolute Gasteiger partial charge is 0.497 e. The maximum Gasteiger partial charge on any atom is 0.224 e. The van der Waals surface area contributed by atoms with Crippen LogP contribution < -0.4 is 15.4 Å². The van der Waals surface area contributed by atoms with Crippen molar-refractivity contribution in [3.05, 3.63) is 54.1 Å². The van der Waals surface area contributed by atoms with E-state index >= 15 is 0 Å². The predicted octanol–water partition coefficient (Wildman–Crippen LogP) is 4.25. The van der Waals surface area contributed by atoms with E-state index in [1.54, 1.807) is 31.4 Å². The Kier molecular flexibility index (Phi) is 7.21. The summed E-state index contributed by atoms with van der Waals surface area (Å²) in [6.45, 7) is 4.01. The Bertz CT molecular complexity index is 739. The molecule has 0 fully saturated rings. The minimum absolute atomic E-state index is 0.00456. The van der Waals surface area contributed by atoms with Crippen LogP contribution in [0.1, 0.15) is 32.3 Å². The SMILES string of the molecule is COc1cccc(CCC(=O)Nc2ccc(NC(=O)CC(C)C)cc2)c1. The first-order valence-corrected chi connectivity index (χ1v) is 8.79. The normalized spacial score (nSPS) is 10.5. The molecule has 0 radical (unpaired) electrons. The van der Waals surface area contributed by atoms with Crippen molar-refractivity contribution in [2.75, 3.05) is 17.7 Å². The summed E-state index contributed by atoms with van der Waals surface area (Å²) in [5.74, 6) is 1.05. The zero-order chi connectivity index (χ0) is 18.9. The van der Waals surface area contributed by atoms with Crippen molar-refractivity contribution < 1.29 is 14.3 Å². The van der Waals surface area contributed by atoms with Crippen LogP contribution in [0.2, 0.25) is 0 Å². The molecule has 0 aliphatic heterocycles. The van der Waals surface area contributed by atoms with Crippen LogP contribution in [0.15, 0.2) is 48.5 Å². The second-order valence-corrected chi connectivity index (χ2v) is 6.62. The number of hydrogen-bond donors (Lipinski definition) is 2. The first-order valence-electron chi connectivity index (χ1n) is 8.79. The lowest BCUT2D eigenvalue weighted by Gasteiger charge is -2.09. The van der Waals surface area contributed by atoms with Crippen molar-refractivity contribution in [1.82, 2.24) is 0 Å². The van der Waals surface area contributed by atoms with E-state index in [-0.39, 0.29) is 11.8 Å². The third kappa shape index (κ3) is 6.59. The molecule has 0 saturated heterocycles. The number of hydrogen-bond acceptors (Lipinski definition) is 3. The quantitative estimate of drug-likeness (QED) is 0.745. The van der Waals surface area contributed by atoms with E-state index in [2.05, 4.69) is 10.6 Å². The highest BCUT2D eigenvalue weighted by Gasteiger charge is 2.07. The molecule has 26 heavy (non-hydrogen) atoms. The van der Waals surface area contributed by atoms with Gasteiger partial charge in [-0.15, -0.1) is 0 Å². The van der Waals surface area contributed by atoms with Crippen LogP contribution in [0.4, 0.5) is 11.4 Å². The zero-order valence-corrected chi connectivity index (χ0v) is 15.5. The average Bonchev–Trinajstić information content (AvgIpc) is 2.61. The van der Waals surface area contributed by atoms with Gasteiger partial charge < -0.3 is 15.4 Å². The molecule has 5 nitrogen and oxygen atoms in total. The summed E-state index contributed by atoms with van der Waals surface area (Å²) in [6, 6.07) is 14.9. The molecule has 2 aromatic rings. The van der Waals surface area contributed by atoms with Gasteiger partial charge in [-0.25, -0.2) is 0 Å². The second kappa shape index (κ2) is 9.61. The summed E-state index contributed by atoms with van der Waals surface area (Å²) in [6.07, 6.45) is 1.52. The predicted molar refractivity (Wildman–Crippen MR) is 104 cm³/mol. The minimum atomic E-state index is -0.0515. The molecule has 0 aliphatic carbocycles. The lowest BCUT2D eigenvalue weighted by molar-refractivity contribution is -0.117. The number of carbonyl (C=O) groups excluding carboxylic acids is 2. The standard InChI is InChI=1S/C21H26N2O3/c1-15(2)13-21(25)23-18-10-8-17(9-11-18)22-20(24)12-7-16-5-4-6-19(14-16)26-3/h4-6,8-11,14-15H,7,12-13H2,1-3H3,(H,22,24)(H,23,25). The number of rotatable bonds is 8. The molecule has 0 aliphatic rings. The Morgan fingerprint density at radius 2 is 1.58 bits per heavy atom. The van der Waals surface area contributed by atoms with Gasteiger partial charge >= 0.3 is 0 Å². The molecular formula is C21H26N2O3. The Hall–Kier alpha value is -2.82. The lowest BCUT2D eigenvalue weighted by Crippen LogP contribution is -2.14. The third-order valence-corrected chi connectivity index (χ3v) is 3.82. The summed E-state index contributed by atoms with van der Waals surface area (Å²) < 4.78 is 5.19. The number of methoxy groups -OCH3 is 1. The summed E-state index contributed by atoms with van der Waals surface area (Å²) in [5.41, 5.74) is 2.50. The molecule has 0 spiro atoms. The van der Waals surface area contributed by atoms with Gasteiger partial charge in [0.25, 0.3) is 0 Å². The average molecular weight is 354 g/mol. The Balaban J connectivity index is 1.82. The van der Waals surface area contributed by atoms with E-state index < -0.39 is 0 Å². The molecule has 0 aromatic heterocycles. The third-order valence-electron chi connectivity index (χ3n) is 3.82. The van der Waals surface area contributed by atoms with E-state index in [9.17, 15) is 9.59 Å². The van der Waals surface area contributed by atoms with Crippen LogP contribution in [0.5, 0.6) is 5.75 Å². The highest BCUT2D eigenvalue weighted by molar-refractivity contribution is 5.93. The summed E-state index contributed by atoms with van der Waals surface area (Å²) >= 11 is 0. The minimum Gasteiger partial charge on any atom is -0.497 e. The van der Waals surface area contributed by atoms with E-state index in [1.165, 1.54) is 0 Å². The fourth-order valence-electron chi connectivity index (χ4n) is 2.53. The molecule has 2 rings (SSSR count). The van der Waals surface area contributed by atoms with Gasteiger partial charge in [0.1, 0.15) is 5.75 Å². The molecule has 0 saturated carbocycles. The Morgan fingerprint density at radius 1 is 0.962 bits per heavy atom. The van der Waals surface area contributed by atoms with Crippen LogP contribution in [-0.2, 0) is 16.0 Å². The van der Waals surface area contributed by atoms with Crippen molar-refractivity contribution in [3.8, 4) is 5.75 Å². The molecule has 0 heterocycles. The monoisotopic (exact) mass is 354 g/mol. The number of ether oxygens (including phenoxy) is 1. The molecule has 0 atom stereocenters. The van der Waals surface area contributed by atoms with Crippen LogP contribution in [0, 0.1) is 5.92 Å². The zero-order valence-electron chi connectivity index (χ0n) is 15.5. The second-order valence-electron chi connectivity index (χ2n) is 6.62. The van der Waals surface area contributed by atoms with Gasteiger partial charge in [0.05, 0.1) is 7.11 Å². The maximum atomic E-state index is 12.1. The van der Waals surface area contributed by atoms with E-state index in [0.717, 1.165) is 17.0 Å². The maximum absolute atomic E-state index is 12.1. The smallest absolute Gasteiger partial charge is 0.224 e. The van der Waals surface area contributed by atoms with Gasteiger partial charge in [-0.3, -0.25) is 9.59 Å². The van der Waals surface area contributed by atoms with E-state index in [1.807, 2.05) is 38.1 Å². The molecule has 0 unspecified atom stereocenters. The van der Waals surface area contributed by atoms with Gasteiger partial charge in [0.2, 0.25) is 11.8 Å². The van der Waals surface area contributed by atoms with Gasteiger partial charge in [0.15, 0.2) is 0 Å². The molecule has 138 valence electrons. The number of aryl methyl sites for hydroxylation is 1. The number of nitrogens with one attached hydrogen (secondary N) is 2. The first kappa shape index (κ1) is 19.5. The molecule has 2 N–H and O–H groups in total. The molecule has 0 bridgehead atoms. The molecule has 2 aromatic carbocycles. The fourth-order valence-corrected chi connectivity index (χ4v) is 2.53. The van der Waals surface area contributed by atoms with Gasteiger partial charge in [-0.1, -0.05) is 26.0 Å². The highest BCUT2D eigenvalue weighted by Crippen LogP contribution is 2.16. The first-order chi connectivity index (χ1) is 12.5.